The Morgan fingerprint density at radius 1 is 1.50 bits per heavy atom. The molecule has 1 aromatic carbocycles. The lowest BCUT2D eigenvalue weighted by molar-refractivity contribution is 0.424. The minimum atomic E-state index is 0.0158. The van der Waals surface area contributed by atoms with E-state index in [0.29, 0.717) is 28.7 Å². The molecule has 0 spiro atoms. The molecule has 0 atom stereocenters. The number of thioether (sulfide) groups is 1. The second-order valence-corrected chi connectivity index (χ2v) is 4.09. The van der Waals surface area contributed by atoms with Gasteiger partial charge in [-0.15, -0.1) is 0 Å². The van der Waals surface area contributed by atoms with Gasteiger partial charge in [0.25, 0.3) is 5.89 Å². The molecule has 6 heteroatoms. The number of hydrogen-bond acceptors (Lipinski definition) is 6. The van der Waals surface area contributed by atoms with E-state index in [2.05, 4.69) is 10.1 Å². The van der Waals surface area contributed by atoms with E-state index in [4.69, 9.17) is 10.3 Å². The summed E-state index contributed by atoms with van der Waals surface area (Å²) in [6.07, 6.45) is 1.96. The molecule has 1 heterocycles. The molecule has 1 aromatic heterocycles. The van der Waals surface area contributed by atoms with Crippen LogP contribution >= 0.6 is 11.8 Å². The van der Waals surface area contributed by atoms with Crippen LogP contribution in [0.15, 0.2) is 22.7 Å². The van der Waals surface area contributed by atoms with Gasteiger partial charge in [0.1, 0.15) is 5.75 Å². The lowest BCUT2D eigenvalue weighted by Crippen LogP contribution is -1.86. The third kappa shape index (κ3) is 2.11. The van der Waals surface area contributed by atoms with Crippen LogP contribution in [0.5, 0.6) is 5.75 Å². The number of nitrogen functional groups attached to an aromatic ring is 1. The Bertz CT molecular complexity index is 499. The van der Waals surface area contributed by atoms with E-state index in [1.165, 1.54) is 6.07 Å². The number of benzene rings is 1. The predicted octanol–water partition coefficient (Wildman–Crippen LogP) is 1.89. The van der Waals surface area contributed by atoms with E-state index in [-0.39, 0.29) is 5.75 Å². The van der Waals surface area contributed by atoms with E-state index in [1.807, 2.05) is 6.26 Å². The third-order valence-corrected chi connectivity index (χ3v) is 2.57. The first kappa shape index (κ1) is 10.8. The number of hydrogen-bond donors (Lipinski definition) is 2. The summed E-state index contributed by atoms with van der Waals surface area (Å²) in [6.45, 7) is 0. The normalized spacial score (nSPS) is 10.6. The molecular weight excluding hydrogens is 226 g/mol. The standard InChI is InChI=1S/C10H11N3O2S/c1-16-5-9-12-10(15-13-9)6-2-3-7(11)8(14)4-6/h2-4,14H,5,11H2,1H3. The summed E-state index contributed by atoms with van der Waals surface area (Å²) in [5.74, 6) is 1.74. The number of phenols is 1. The van der Waals surface area contributed by atoms with Crippen molar-refractivity contribution >= 4 is 17.4 Å². The van der Waals surface area contributed by atoms with Crippen LogP contribution in [0.2, 0.25) is 0 Å². The van der Waals surface area contributed by atoms with E-state index >= 15 is 0 Å². The van der Waals surface area contributed by atoms with Crippen molar-refractivity contribution in [3.05, 3.63) is 24.0 Å². The van der Waals surface area contributed by atoms with Crippen molar-refractivity contribution in [3.8, 4) is 17.2 Å². The Morgan fingerprint density at radius 2 is 2.31 bits per heavy atom. The van der Waals surface area contributed by atoms with E-state index in [9.17, 15) is 5.11 Å². The van der Waals surface area contributed by atoms with Gasteiger partial charge < -0.3 is 15.4 Å². The van der Waals surface area contributed by atoms with Crippen molar-refractivity contribution in [1.82, 2.24) is 10.1 Å². The number of anilines is 1. The first-order valence-corrected chi connectivity index (χ1v) is 6.00. The first-order valence-electron chi connectivity index (χ1n) is 4.61. The van der Waals surface area contributed by atoms with E-state index in [0.717, 1.165) is 0 Å². The minimum Gasteiger partial charge on any atom is -0.506 e. The van der Waals surface area contributed by atoms with Crippen LogP contribution in [0.3, 0.4) is 0 Å². The molecule has 0 aliphatic heterocycles. The van der Waals surface area contributed by atoms with Crippen molar-refractivity contribution in [1.29, 1.82) is 0 Å². The SMILES string of the molecule is CSCc1noc(-c2ccc(N)c(O)c2)n1. The van der Waals surface area contributed by atoms with E-state index < -0.39 is 0 Å². The summed E-state index contributed by atoms with van der Waals surface area (Å²) >= 11 is 1.61. The summed E-state index contributed by atoms with van der Waals surface area (Å²) in [7, 11) is 0. The van der Waals surface area contributed by atoms with Crippen LogP contribution in [-0.2, 0) is 5.75 Å². The monoisotopic (exact) mass is 237 g/mol. The molecule has 2 rings (SSSR count). The topological polar surface area (TPSA) is 85.2 Å². The maximum Gasteiger partial charge on any atom is 0.258 e. The summed E-state index contributed by atoms with van der Waals surface area (Å²) in [4.78, 5) is 4.19. The molecule has 0 amide bonds. The van der Waals surface area contributed by atoms with Gasteiger partial charge in [-0.1, -0.05) is 5.16 Å². The lowest BCUT2D eigenvalue weighted by atomic mass is 10.2. The number of rotatable bonds is 3. The quantitative estimate of drug-likeness (QED) is 0.626. The molecule has 5 nitrogen and oxygen atoms in total. The van der Waals surface area contributed by atoms with Crippen molar-refractivity contribution < 1.29 is 9.63 Å². The number of nitrogens with two attached hydrogens (primary N) is 1. The van der Waals surface area contributed by atoms with Crippen LogP contribution in [0.1, 0.15) is 5.82 Å². The molecule has 0 fully saturated rings. The summed E-state index contributed by atoms with van der Waals surface area (Å²) in [5, 5.41) is 13.3. The number of aromatic nitrogens is 2. The van der Waals surface area contributed by atoms with Crippen LogP contribution in [0.25, 0.3) is 11.5 Å². The van der Waals surface area contributed by atoms with Crippen molar-refractivity contribution in [2.45, 2.75) is 5.75 Å². The molecule has 16 heavy (non-hydrogen) atoms. The second-order valence-electron chi connectivity index (χ2n) is 3.22. The maximum atomic E-state index is 9.45. The smallest absolute Gasteiger partial charge is 0.258 e. The van der Waals surface area contributed by atoms with Gasteiger partial charge in [0.05, 0.1) is 11.4 Å². The Morgan fingerprint density at radius 3 is 3.00 bits per heavy atom. The van der Waals surface area contributed by atoms with Gasteiger partial charge in [-0.25, -0.2) is 0 Å². The van der Waals surface area contributed by atoms with Gasteiger partial charge in [0.2, 0.25) is 0 Å². The van der Waals surface area contributed by atoms with Gasteiger partial charge in [-0.2, -0.15) is 16.7 Å². The van der Waals surface area contributed by atoms with Gasteiger partial charge in [0, 0.05) is 5.56 Å². The Kier molecular flexibility index (Phi) is 3.00. The van der Waals surface area contributed by atoms with Crippen molar-refractivity contribution in [2.24, 2.45) is 0 Å². The average molecular weight is 237 g/mol. The third-order valence-electron chi connectivity index (χ3n) is 2.02. The molecule has 0 aliphatic carbocycles. The van der Waals surface area contributed by atoms with Crippen molar-refractivity contribution in [3.63, 3.8) is 0 Å². The largest absolute Gasteiger partial charge is 0.506 e. The lowest BCUT2D eigenvalue weighted by Gasteiger charge is -1.99. The zero-order valence-electron chi connectivity index (χ0n) is 8.67. The van der Waals surface area contributed by atoms with Crippen molar-refractivity contribution in [2.75, 3.05) is 12.0 Å². The van der Waals surface area contributed by atoms with E-state index in [1.54, 1.807) is 23.9 Å². The number of aromatic hydroxyl groups is 1. The summed E-state index contributed by atoms with van der Waals surface area (Å²) < 4.78 is 5.07. The molecular formula is C10H11N3O2S. The molecule has 3 N–H and O–H groups in total. The molecule has 2 aromatic rings. The average Bonchev–Trinajstić information content (AvgIpc) is 2.71. The van der Waals surface area contributed by atoms with Crippen LogP contribution in [0, 0.1) is 0 Å². The van der Waals surface area contributed by atoms with Gasteiger partial charge in [-0.3, -0.25) is 0 Å². The fourth-order valence-corrected chi connectivity index (χ4v) is 1.61. The molecule has 0 bridgehead atoms. The van der Waals surface area contributed by atoms with Crippen LogP contribution in [0.4, 0.5) is 5.69 Å². The van der Waals surface area contributed by atoms with Gasteiger partial charge in [0.15, 0.2) is 5.82 Å². The number of nitrogens with zero attached hydrogens (tertiary/aromatic N) is 2. The molecule has 0 saturated carbocycles. The number of phenolic OH excluding ortho intramolecular Hbond substituents is 1. The maximum absolute atomic E-state index is 9.45. The fraction of sp³-hybridized carbons (Fsp3) is 0.200. The predicted molar refractivity (Wildman–Crippen MR) is 63.0 cm³/mol. The highest BCUT2D eigenvalue weighted by molar-refractivity contribution is 7.97. The van der Waals surface area contributed by atoms with Gasteiger partial charge >= 0.3 is 0 Å². The second kappa shape index (κ2) is 4.44. The van der Waals surface area contributed by atoms with Crippen LogP contribution < -0.4 is 5.73 Å². The molecule has 84 valence electrons. The first-order chi connectivity index (χ1) is 7.70. The fourth-order valence-electron chi connectivity index (χ4n) is 1.24. The molecule has 0 aliphatic rings. The minimum absolute atomic E-state index is 0.0158. The van der Waals surface area contributed by atoms with Crippen LogP contribution in [-0.4, -0.2) is 21.5 Å². The Balaban J connectivity index is 2.31. The van der Waals surface area contributed by atoms with Gasteiger partial charge in [-0.05, 0) is 24.5 Å². The molecule has 0 saturated heterocycles. The molecule has 0 unspecified atom stereocenters. The summed E-state index contributed by atoms with van der Waals surface area (Å²) in [5.41, 5.74) is 6.49. The highest BCUT2D eigenvalue weighted by Crippen LogP contribution is 2.26. The Labute approximate surface area is 96.7 Å². The zero-order chi connectivity index (χ0) is 11.5. The molecule has 0 radical (unpaired) electrons. The highest BCUT2D eigenvalue weighted by Gasteiger charge is 2.09. The Hall–Kier alpha value is -1.69. The highest BCUT2D eigenvalue weighted by atomic mass is 32.2. The zero-order valence-corrected chi connectivity index (χ0v) is 9.49. The summed E-state index contributed by atoms with van der Waals surface area (Å²) in [6, 6.07) is 4.83.